The second-order valence-electron chi connectivity index (χ2n) is 19.2. The number of rotatable bonds is 52. The maximum absolute atomic E-state index is 12.8. The SMILES string of the molecule is CCCCC/C=C\C/C=C\C/C=C\C/C=C\CCCC(=O)OC[C@@H](COC(=O)CCCCCCCCCCCCCCCC)OC(=O)CCCCCCCCCCCCCCCCCCC. The van der Waals surface area contributed by atoms with Gasteiger partial charge in [0.05, 0.1) is 0 Å². The van der Waals surface area contributed by atoms with Gasteiger partial charge in [-0.25, -0.2) is 0 Å². The maximum Gasteiger partial charge on any atom is 0.306 e. The van der Waals surface area contributed by atoms with Crippen molar-refractivity contribution in [3.05, 3.63) is 48.6 Å². The number of hydrogen-bond acceptors (Lipinski definition) is 6. The first kappa shape index (κ1) is 63.4. The predicted octanol–water partition coefficient (Wildman–Crippen LogP) is 19.0. The van der Waals surface area contributed by atoms with Crippen molar-refractivity contribution >= 4 is 17.9 Å². The van der Waals surface area contributed by atoms with Crippen LogP contribution in [0.4, 0.5) is 0 Å². The van der Waals surface area contributed by atoms with Crippen LogP contribution in [0.15, 0.2) is 48.6 Å². The third kappa shape index (κ3) is 52.3. The molecule has 0 aromatic carbocycles. The molecule has 6 nitrogen and oxygen atoms in total. The zero-order valence-electron chi connectivity index (χ0n) is 44.0. The molecule has 0 aromatic heterocycles. The molecule has 0 aromatic rings. The van der Waals surface area contributed by atoms with Crippen LogP contribution < -0.4 is 0 Å². The molecule has 0 spiro atoms. The molecular formula is C60H108O6. The molecule has 0 aliphatic carbocycles. The second-order valence-corrected chi connectivity index (χ2v) is 19.2. The fourth-order valence-electron chi connectivity index (χ4n) is 8.26. The summed E-state index contributed by atoms with van der Waals surface area (Å²) < 4.78 is 16.8. The largest absolute Gasteiger partial charge is 0.462 e. The lowest BCUT2D eigenvalue weighted by molar-refractivity contribution is -0.167. The van der Waals surface area contributed by atoms with Gasteiger partial charge in [0.1, 0.15) is 13.2 Å². The maximum atomic E-state index is 12.8. The van der Waals surface area contributed by atoms with Gasteiger partial charge in [-0.3, -0.25) is 14.4 Å². The topological polar surface area (TPSA) is 78.9 Å². The molecule has 384 valence electrons. The third-order valence-corrected chi connectivity index (χ3v) is 12.6. The molecule has 6 heteroatoms. The number of unbranched alkanes of at least 4 members (excludes halogenated alkanes) is 33. The third-order valence-electron chi connectivity index (χ3n) is 12.6. The molecule has 0 aliphatic heterocycles. The number of ether oxygens (including phenoxy) is 3. The van der Waals surface area contributed by atoms with Crippen molar-refractivity contribution < 1.29 is 28.6 Å². The van der Waals surface area contributed by atoms with E-state index in [-0.39, 0.29) is 37.5 Å². The molecular weight excluding hydrogens is 817 g/mol. The Balaban J connectivity index is 4.42. The Kier molecular flexibility index (Phi) is 52.8. The van der Waals surface area contributed by atoms with Gasteiger partial charge in [0.2, 0.25) is 0 Å². The summed E-state index contributed by atoms with van der Waals surface area (Å²) >= 11 is 0. The van der Waals surface area contributed by atoms with Crippen LogP contribution >= 0.6 is 0 Å². The van der Waals surface area contributed by atoms with Crippen molar-refractivity contribution in [1.82, 2.24) is 0 Å². The zero-order valence-corrected chi connectivity index (χ0v) is 44.0. The van der Waals surface area contributed by atoms with E-state index in [1.165, 1.54) is 186 Å². The van der Waals surface area contributed by atoms with Gasteiger partial charge in [0.25, 0.3) is 0 Å². The lowest BCUT2D eigenvalue weighted by Crippen LogP contribution is -2.30. The highest BCUT2D eigenvalue weighted by atomic mass is 16.6. The Morgan fingerprint density at radius 2 is 0.561 bits per heavy atom. The molecule has 0 heterocycles. The quantitative estimate of drug-likeness (QED) is 0.0262. The summed E-state index contributed by atoms with van der Waals surface area (Å²) in [5.41, 5.74) is 0. The van der Waals surface area contributed by atoms with E-state index in [1.807, 2.05) is 0 Å². The number of carbonyl (C=O) groups excluding carboxylic acids is 3. The van der Waals surface area contributed by atoms with E-state index in [0.29, 0.717) is 19.3 Å². The molecule has 0 N–H and O–H groups in total. The van der Waals surface area contributed by atoms with Gasteiger partial charge in [-0.15, -0.1) is 0 Å². The summed E-state index contributed by atoms with van der Waals surface area (Å²) in [4.78, 5) is 38.1. The van der Waals surface area contributed by atoms with Crippen LogP contribution in [0.2, 0.25) is 0 Å². The predicted molar refractivity (Wildman–Crippen MR) is 284 cm³/mol. The van der Waals surface area contributed by atoms with Crippen LogP contribution in [-0.4, -0.2) is 37.2 Å². The Labute approximate surface area is 409 Å². The fraction of sp³-hybridized carbons (Fsp3) is 0.817. The minimum Gasteiger partial charge on any atom is -0.462 e. The first-order valence-corrected chi connectivity index (χ1v) is 28.6. The van der Waals surface area contributed by atoms with Crippen molar-refractivity contribution in [2.24, 2.45) is 0 Å². The van der Waals surface area contributed by atoms with Crippen LogP contribution in [0.5, 0.6) is 0 Å². The van der Waals surface area contributed by atoms with Crippen molar-refractivity contribution in [2.45, 2.75) is 303 Å². The highest BCUT2D eigenvalue weighted by Gasteiger charge is 2.19. The van der Waals surface area contributed by atoms with E-state index in [9.17, 15) is 14.4 Å². The van der Waals surface area contributed by atoms with E-state index >= 15 is 0 Å². The van der Waals surface area contributed by atoms with Gasteiger partial charge >= 0.3 is 17.9 Å². The average Bonchev–Trinajstić information content (AvgIpc) is 3.31. The standard InChI is InChI=1S/C60H108O6/c1-4-7-10-13-16-19-22-25-28-30-32-35-38-41-44-47-50-53-59(62)65-56-57(55-64-58(61)52-49-46-43-40-37-34-27-24-21-18-15-12-9-6-3)66-60(63)54-51-48-45-42-39-36-33-31-29-26-23-20-17-14-11-8-5-2/h16,19,25,28,32,35,41,44,57H,4-15,17-18,20-24,26-27,29-31,33-34,36-40,42-43,45-56H2,1-3H3/b19-16-,28-25-,35-32-,44-41-/t57-/m1/s1. The highest BCUT2D eigenvalue weighted by molar-refractivity contribution is 5.71. The molecule has 0 unspecified atom stereocenters. The van der Waals surface area contributed by atoms with E-state index in [4.69, 9.17) is 14.2 Å². The summed E-state index contributed by atoms with van der Waals surface area (Å²) in [6.07, 6.45) is 66.7. The number of hydrogen-bond donors (Lipinski definition) is 0. The Morgan fingerprint density at radius 3 is 0.909 bits per heavy atom. The van der Waals surface area contributed by atoms with Crippen molar-refractivity contribution in [1.29, 1.82) is 0 Å². The van der Waals surface area contributed by atoms with Crippen LogP contribution in [0, 0.1) is 0 Å². The highest BCUT2D eigenvalue weighted by Crippen LogP contribution is 2.16. The molecule has 0 fully saturated rings. The molecule has 0 rings (SSSR count). The normalized spacial score (nSPS) is 12.3. The smallest absolute Gasteiger partial charge is 0.306 e. The minimum atomic E-state index is -0.791. The monoisotopic (exact) mass is 925 g/mol. The van der Waals surface area contributed by atoms with E-state index in [2.05, 4.69) is 69.4 Å². The lowest BCUT2D eigenvalue weighted by Gasteiger charge is -2.18. The van der Waals surface area contributed by atoms with Gasteiger partial charge < -0.3 is 14.2 Å². The second kappa shape index (κ2) is 55.0. The van der Waals surface area contributed by atoms with Gasteiger partial charge in [-0.1, -0.05) is 268 Å². The van der Waals surface area contributed by atoms with E-state index in [0.717, 1.165) is 64.2 Å². The van der Waals surface area contributed by atoms with Gasteiger partial charge in [0.15, 0.2) is 6.10 Å². The minimum absolute atomic E-state index is 0.0856. The first-order chi connectivity index (χ1) is 32.5. The summed E-state index contributed by atoms with van der Waals surface area (Å²) in [6, 6.07) is 0. The number of esters is 3. The molecule has 0 radical (unpaired) electrons. The Morgan fingerprint density at radius 1 is 0.303 bits per heavy atom. The molecule has 0 bridgehead atoms. The van der Waals surface area contributed by atoms with Crippen LogP contribution in [-0.2, 0) is 28.6 Å². The molecule has 0 saturated carbocycles. The molecule has 0 aliphatic rings. The molecule has 0 saturated heterocycles. The molecule has 1 atom stereocenters. The zero-order chi connectivity index (χ0) is 47.9. The Bertz CT molecular complexity index is 1150. The van der Waals surface area contributed by atoms with Crippen LogP contribution in [0.3, 0.4) is 0 Å². The van der Waals surface area contributed by atoms with Crippen molar-refractivity contribution in [3.63, 3.8) is 0 Å². The summed E-state index contributed by atoms with van der Waals surface area (Å²) in [5.74, 6) is -0.928. The lowest BCUT2D eigenvalue weighted by atomic mass is 10.0. The first-order valence-electron chi connectivity index (χ1n) is 28.6. The number of allylic oxidation sites excluding steroid dienone is 8. The molecule has 66 heavy (non-hydrogen) atoms. The van der Waals surface area contributed by atoms with E-state index < -0.39 is 6.10 Å². The van der Waals surface area contributed by atoms with Gasteiger partial charge in [-0.2, -0.15) is 0 Å². The molecule has 0 amide bonds. The fourth-order valence-corrected chi connectivity index (χ4v) is 8.26. The number of carbonyl (C=O) groups is 3. The van der Waals surface area contributed by atoms with Crippen LogP contribution in [0.1, 0.15) is 297 Å². The van der Waals surface area contributed by atoms with Crippen LogP contribution in [0.25, 0.3) is 0 Å². The summed E-state index contributed by atoms with van der Waals surface area (Å²) in [7, 11) is 0. The Hall–Kier alpha value is -2.63. The summed E-state index contributed by atoms with van der Waals surface area (Å²) in [6.45, 7) is 6.60. The average molecular weight is 926 g/mol. The van der Waals surface area contributed by atoms with Crippen molar-refractivity contribution in [2.75, 3.05) is 13.2 Å². The van der Waals surface area contributed by atoms with Crippen molar-refractivity contribution in [3.8, 4) is 0 Å². The van der Waals surface area contributed by atoms with Gasteiger partial charge in [0, 0.05) is 19.3 Å². The summed E-state index contributed by atoms with van der Waals surface area (Å²) in [5, 5.41) is 0. The van der Waals surface area contributed by atoms with Gasteiger partial charge in [-0.05, 0) is 57.8 Å². The van der Waals surface area contributed by atoms with E-state index in [1.54, 1.807) is 0 Å².